The highest BCUT2D eigenvalue weighted by atomic mass is 32.2. The number of hydrogen-bond donors (Lipinski definition) is 1. The third kappa shape index (κ3) is 4.00. The second-order valence-corrected chi connectivity index (χ2v) is 5.96. The summed E-state index contributed by atoms with van der Waals surface area (Å²) in [4.78, 5) is 30.6. The Morgan fingerprint density at radius 2 is 2.25 bits per heavy atom. The summed E-state index contributed by atoms with van der Waals surface area (Å²) in [6, 6.07) is 2.88. The molecule has 2 heterocycles. The summed E-state index contributed by atoms with van der Waals surface area (Å²) in [5.74, 6) is -0.0202. The fourth-order valence-corrected chi connectivity index (χ4v) is 2.60. The summed E-state index contributed by atoms with van der Waals surface area (Å²) in [5.41, 5.74) is -0.0722. The number of thioether (sulfide) groups is 1. The summed E-state index contributed by atoms with van der Waals surface area (Å²) in [6.07, 6.45) is 2.86. The van der Waals surface area contributed by atoms with Crippen LogP contribution in [0.15, 0.2) is 29.6 Å². The maximum atomic E-state index is 11.7. The predicted octanol–water partition coefficient (Wildman–Crippen LogP) is 2.49. The molecule has 0 aliphatic rings. The lowest BCUT2D eigenvalue weighted by Crippen LogP contribution is -2.13. The van der Waals surface area contributed by atoms with Crippen molar-refractivity contribution in [3.8, 4) is 0 Å². The largest absolute Gasteiger partial charge is 0.301 e. The van der Waals surface area contributed by atoms with Gasteiger partial charge in [0, 0.05) is 17.1 Å². The molecule has 0 saturated heterocycles. The van der Waals surface area contributed by atoms with Crippen molar-refractivity contribution < 1.29 is 9.72 Å². The molecule has 104 valence electrons. The Hall–Kier alpha value is -2.00. The van der Waals surface area contributed by atoms with Crippen LogP contribution in [0.3, 0.4) is 0 Å². The van der Waals surface area contributed by atoms with Crippen molar-refractivity contribution in [2.75, 3.05) is 11.1 Å². The van der Waals surface area contributed by atoms with Gasteiger partial charge >= 0.3 is 0 Å². The Labute approximate surface area is 122 Å². The summed E-state index contributed by atoms with van der Waals surface area (Å²) in [5, 5.41) is 14.3. The van der Waals surface area contributed by atoms with E-state index in [1.165, 1.54) is 41.4 Å². The van der Waals surface area contributed by atoms with Crippen LogP contribution in [0.4, 0.5) is 10.8 Å². The number of anilines is 1. The molecule has 2 aromatic rings. The quantitative estimate of drug-likeness (QED) is 0.517. The van der Waals surface area contributed by atoms with Gasteiger partial charge in [-0.15, -0.1) is 11.3 Å². The van der Waals surface area contributed by atoms with E-state index in [-0.39, 0.29) is 17.3 Å². The highest BCUT2D eigenvalue weighted by molar-refractivity contribution is 7.99. The molecular weight excluding hydrogens is 300 g/mol. The van der Waals surface area contributed by atoms with E-state index in [0.29, 0.717) is 10.2 Å². The first-order chi connectivity index (χ1) is 9.54. The topological polar surface area (TPSA) is 98.0 Å². The number of nitrogens with one attached hydrogen (secondary N) is 1. The van der Waals surface area contributed by atoms with Crippen molar-refractivity contribution in [2.45, 2.75) is 11.9 Å². The SMILES string of the molecule is Cc1cnc(NC(=O)CSc2ccc([N+](=O)[O-])cn2)s1. The molecule has 20 heavy (non-hydrogen) atoms. The minimum atomic E-state index is -0.515. The molecular formula is C11H10N4O3S2. The lowest BCUT2D eigenvalue weighted by Gasteiger charge is -2.01. The lowest BCUT2D eigenvalue weighted by molar-refractivity contribution is -0.385. The molecule has 7 nitrogen and oxygen atoms in total. The van der Waals surface area contributed by atoms with Crippen molar-refractivity contribution in [1.29, 1.82) is 0 Å². The van der Waals surface area contributed by atoms with Crippen molar-refractivity contribution in [2.24, 2.45) is 0 Å². The summed E-state index contributed by atoms with van der Waals surface area (Å²) in [6.45, 7) is 1.91. The Morgan fingerprint density at radius 1 is 1.45 bits per heavy atom. The maximum Gasteiger partial charge on any atom is 0.287 e. The molecule has 0 radical (unpaired) electrons. The second kappa shape index (κ2) is 6.44. The minimum absolute atomic E-state index is 0.0722. The average Bonchev–Trinajstić information content (AvgIpc) is 2.82. The molecule has 0 saturated carbocycles. The summed E-state index contributed by atoms with van der Waals surface area (Å²) in [7, 11) is 0. The molecule has 0 aliphatic carbocycles. The van der Waals surface area contributed by atoms with E-state index in [2.05, 4.69) is 15.3 Å². The highest BCUT2D eigenvalue weighted by Crippen LogP contribution is 2.20. The van der Waals surface area contributed by atoms with Gasteiger partial charge in [0.25, 0.3) is 5.69 Å². The van der Waals surface area contributed by atoms with Crippen LogP contribution in [-0.2, 0) is 4.79 Å². The Morgan fingerprint density at radius 3 is 2.80 bits per heavy atom. The number of pyridine rings is 1. The molecule has 9 heteroatoms. The molecule has 0 fully saturated rings. The molecule has 0 atom stereocenters. The number of amides is 1. The van der Waals surface area contributed by atoms with Gasteiger partial charge in [-0.1, -0.05) is 11.8 Å². The normalized spacial score (nSPS) is 10.2. The lowest BCUT2D eigenvalue weighted by atomic mass is 10.4. The van der Waals surface area contributed by atoms with E-state index in [4.69, 9.17) is 0 Å². The smallest absolute Gasteiger partial charge is 0.287 e. The zero-order valence-electron chi connectivity index (χ0n) is 10.4. The van der Waals surface area contributed by atoms with Gasteiger partial charge in [-0.3, -0.25) is 14.9 Å². The first-order valence-corrected chi connectivity index (χ1v) is 7.30. The van der Waals surface area contributed by atoms with Gasteiger partial charge in [0.05, 0.1) is 15.7 Å². The predicted molar refractivity (Wildman–Crippen MR) is 77.1 cm³/mol. The van der Waals surface area contributed by atoms with Gasteiger partial charge in [0.15, 0.2) is 5.13 Å². The summed E-state index contributed by atoms with van der Waals surface area (Å²) >= 11 is 2.61. The molecule has 0 aromatic carbocycles. The first-order valence-electron chi connectivity index (χ1n) is 5.50. The van der Waals surface area contributed by atoms with Crippen molar-refractivity contribution >= 4 is 39.8 Å². The fourth-order valence-electron chi connectivity index (χ4n) is 1.27. The van der Waals surface area contributed by atoms with Gasteiger partial charge in [-0.2, -0.15) is 0 Å². The zero-order valence-corrected chi connectivity index (χ0v) is 12.0. The number of carbonyl (C=O) groups is 1. The molecule has 2 rings (SSSR count). The number of aromatic nitrogens is 2. The van der Waals surface area contributed by atoms with Crippen LogP contribution in [0.2, 0.25) is 0 Å². The van der Waals surface area contributed by atoms with E-state index in [9.17, 15) is 14.9 Å². The number of nitrogens with zero attached hydrogens (tertiary/aromatic N) is 3. The van der Waals surface area contributed by atoms with Gasteiger partial charge in [0.2, 0.25) is 5.91 Å². The molecule has 2 aromatic heterocycles. The molecule has 0 spiro atoms. The number of nitro groups is 1. The van der Waals surface area contributed by atoms with Crippen LogP contribution in [-0.4, -0.2) is 26.6 Å². The van der Waals surface area contributed by atoms with E-state index >= 15 is 0 Å². The third-order valence-electron chi connectivity index (χ3n) is 2.15. The molecule has 0 bridgehead atoms. The van der Waals surface area contributed by atoms with Crippen LogP contribution in [0.5, 0.6) is 0 Å². The molecule has 0 aliphatic heterocycles. The maximum absolute atomic E-state index is 11.7. The standard InChI is InChI=1S/C11H10N4O3S2/c1-7-4-13-11(20-7)14-9(16)6-19-10-3-2-8(5-12-10)15(17)18/h2-5H,6H2,1H3,(H,13,14,16). The van der Waals surface area contributed by atoms with E-state index in [0.717, 1.165) is 4.88 Å². The number of rotatable bonds is 5. The van der Waals surface area contributed by atoms with Gasteiger partial charge < -0.3 is 5.32 Å². The number of hydrogen-bond acceptors (Lipinski definition) is 7. The molecule has 1 N–H and O–H groups in total. The van der Waals surface area contributed by atoms with Crippen LogP contribution in [0.1, 0.15) is 4.88 Å². The van der Waals surface area contributed by atoms with Crippen LogP contribution in [0, 0.1) is 17.0 Å². The number of carbonyl (C=O) groups excluding carboxylic acids is 1. The summed E-state index contributed by atoms with van der Waals surface area (Å²) < 4.78 is 0. The van der Waals surface area contributed by atoms with Crippen molar-refractivity contribution in [3.05, 3.63) is 39.5 Å². The monoisotopic (exact) mass is 310 g/mol. The average molecular weight is 310 g/mol. The second-order valence-electron chi connectivity index (χ2n) is 3.72. The highest BCUT2D eigenvalue weighted by Gasteiger charge is 2.09. The Balaban J connectivity index is 1.85. The van der Waals surface area contributed by atoms with Crippen LogP contribution >= 0.6 is 23.1 Å². The number of thiazole rings is 1. The van der Waals surface area contributed by atoms with Crippen LogP contribution in [0.25, 0.3) is 0 Å². The molecule has 0 unspecified atom stereocenters. The van der Waals surface area contributed by atoms with Gasteiger partial charge in [0.1, 0.15) is 6.20 Å². The van der Waals surface area contributed by atoms with Gasteiger partial charge in [-0.25, -0.2) is 9.97 Å². The van der Waals surface area contributed by atoms with Crippen molar-refractivity contribution in [3.63, 3.8) is 0 Å². The van der Waals surface area contributed by atoms with E-state index < -0.39 is 4.92 Å². The first kappa shape index (κ1) is 14.4. The minimum Gasteiger partial charge on any atom is -0.301 e. The van der Waals surface area contributed by atoms with Crippen LogP contribution < -0.4 is 5.32 Å². The van der Waals surface area contributed by atoms with E-state index in [1.54, 1.807) is 6.20 Å². The Bertz CT molecular complexity index is 627. The van der Waals surface area contributed by atoms with Crippen molar-refractivity contribution in [1.82, 2.24) is 9.97 Å². The molecule has 1 amide bonds. The zero-order chi connectivity index (χ0) is 14.5. The number of aryl methyl sites for hydroxylation is 1. The fraction of sp³-hybridized carbons (Fsp3) is 0.182. The van der Waals surface area contributed by atoms with E-state index in [1.807, 2.05) is 6.92 Å². The third-order valence-corrected chi connectivity index (χ3v) is 3.92. The Kier molecular flexibility index (Phi) is 4.64. The van der Waals surface area contributed by atoms with Gasteiger partial charge in [-0.05, 0) is 13.0 Å².